The molecule has 6 aromatic rings. The van der Waals surface area contributed by atoms with Gasteiger partial charge in [-0.15, -0.1) is 0 Å². The van der Waals surface area contributed by atoms with E-state index in [0.29, 0.717) is 5.46 Å². The van der Waals surface area contributed by atoms with Crippen molar-refractivity contribution >= 4 is 114 Å². The number of rotatable bonds is 12. The van der Waals surface area contributed by atoms with Crippen molar-refractivity contribution in [2.75, 3.05) is 25.7 Å². The van der Waals surface area contributed by atoms with Gasteiger partial charge in [-0.2, -0.15) is 16.8 Å². The number of nitrogens with two attached hydrogens (primary N) is 2. The number of phenolic OH excluding ortho intramolecular Hbond substituents is 2. The third-order valence-electron chi connectivity index (χ3n) is 8.70. The molecule has 0 aromatic heterocycles. The summed E-state index contributed by atoms with van der Waals surface area (Å²) in [7, 11) is -15.9. The molecule has 322 valence electrons. The summed E-state index contributed by atoms with van der Waals surface area (Å²) in [6.45, 7) is 0. The van der Waals surface area contributed by atoms with E-state index in [4.69, 9.17) is 20.9 Å². The second-order valence-electron chi connectivity index (χ2n) is 12.7. The summed E-state index contributed by atoms with van der Waals surface area (Å²) in [4.78, 5) is 1.02. The first-order chi connectivity index (χ1) is 28.8. The van der Waals surface area contributed by atoms with Crippen molar-refractivity contribution in [3.8, 4) is 23.0 Å². The number of nitrogen functional groups attached to an aromatic ring is 2. The first-order valence-electron chi connectivity index (χ1n) is 16.6. The van der Waals surface area contributed by atoms with E-state index in [2.05, 4.69) is 25.4 Å². The molecule has 0 saturated carbocycles. The van der Waals surface area contributed by atoms with E-state index in [0.717, 1.165) is 36.4 Å². The minimum atomic E-state index is -5.12. The van der Waals surface area contributed by atoms with E-state index < -0.39 is 82.9 Å². The van der Waals surface area contributed by atoms with Crippen LogP contribution in [0.1, 0.15) is 0 Å². The van der Waals surface area contributed by atoms with Crippen molar-refractivity contribution in [2.45, 2.75) is 19.6 Å². The third-order valence-corrected chi connectivity index (χ3v) is 12.1. The molecule has 0 spiro atoms. The van der Waals surface area contributed by atoms with E-state index in [9.17, 15) is 62.1 Å². The normalized spacial score (nSPS) is 12.8. The standard InChI is InChI=1S/C34H28BN7O16S4/c1-57-25-11-17(3-5-23(25)39-41-31-27(61(51,52)53)9-15-7-19(59(45,46)47)13-21(36)29(15)33(31)43)35-38-18-4-6-24(26(12-18)58-2)40-42-32-28(62(54,55)56)10-16-8-20(60(48,49)50)14-22(37)30(16)34(32)44/h3-14,43-44H,36-37H2,1-2H3,(H,45,46,47)(H,48,49,50)(H,51,52,53)(H,54,55,56). The molecule has 0 heterocycles. The molecular formula is C34H28BN7O16S4. The summed E-state index contributed by atoms with van der Waals surface area (Å²) >= 11 is 0. The van der Waals surface area contributed by atoms with Crippen LogP contribution in [0.3, 0.4) is 0 Å². The van der Waals surface area contributed by atoms with Crippen molar-refractivity contribution in [1.82, 2.24) is 0 Å². The SMILES string of the molecule is COc1cc(B=Nc2ccc(N=Nc3c(S(=O)(=O)O)cc4cc(S(=O)(=O)O)cc(N)c4c3O)c(OC)c2)ccc1N=Nc1c(S(=O)(=O)O)cc2cc(S(=O)(=O)O)cc(N)c2c1O. The van der Waals surface area contributed by atoms with Gasteiger partial charge in [0.25, 0.3) is 20.2 Å². The summed E-state index contributed by atoms with van der Waals surface area (Å²) in [5.74, 6) is -1.66. The van der Waals surface area contributed by atoms with Gasteiger partial charge in [-0.25, -0.2) is 0 Å². The van der Waals surface area contributed by atoms with Crippen molar-refractivity contribution in [3.63, 3.8) is 0 Å². The number of hydrogen-bond donors (Lipinski definition) is 8. The van der Waals surface area contributed by atoms with Gasteiger partial charge in [0.1, 0.15) is 0 Å². The molecule has 0 amide bonds. The Balaban J connectivity index is 1.30. The zero-order valence-corrected chi connectivity index (χ0v) is 34.6. The van der Waals surface area contributed by atoms with Crippen molar-refractivity contribution in [2.24, 2.45) is 25.4 Å². The first kappa shape index (κ1) is 44.9. The fourth-order valence-corrected chi connectivity index (χ4v) is 8.33. The summed E-state index contributed by atoms with van der Waals surface area (Å²) in [5, 5.41) is 36.5. The van der Waals surface area contributed by atoms with Crippen LogP contribution in [-0.2, 0) is 40.5 Å². The van der Waals surface area contributed by atoms with E-state index in [1.165, 1.54) is 57.7 Å². The molecule has 0 bridgehead atoms. The van der Waals surface area contributed by atoms with E-state index in [1.807, 2.05) is 0 Å². The molecule has 0 unspecified atom stereocenters. The molecule has 0 fully saturated rings. The number of azo groups is 2. The van der Waals surface area contributed by atoms with Crippen LogP contribution < -0.4 is 26.4 Å². The summed E-state index contributed by atoms with van der Waals surface area (Å²) < 4.78 is 145. The van der Waals surface area contributed by atoms with Crippen LogP contribution in [0, 0.1) is 0 Å². The molecule has 28 heteroatoms. The summed E-state index contributed by atoms with van der Waals surface area (Å²) in [6.07, 6.45) is 0. The van der Waals surface area contributed by atoms with E-state index in [1.54, 1.807) is 0 Å². The van der Waals surface area contributed by atoms with Gasteiger partial charge in [0, 0.05) is 0 Å². The number of fused-ring (bicyclic) bond motifs is 2. The fraction of sp³-hybridized carbons (Fsp3) is 0.0588. The molecular weight excluding hydrogens is 901 g/mol. The number of nitrogens with zero attached hydrogens (tertiary/aromatic N) is 5. The number of aromatic hydroxyl groups is 2. The summed E-state index contributed by atoms with van der Waals surface area (Å²) in [5.41, 5.74) is 10.2. The van der Waals surface area contributed by atoms with Crippen LogP contribution in [0.5, 0.6) is 23.0 Å². The predicted molar refractivity (Wildman–Crippen MR) is 221 cm³/mol. The Bertz CT molecular complexity index is 3210. The molecule has 6 rings (SSSR count). The van der Waals surface area contributed by atoms with Gasteiger partial charge in [-0.3, -0.25) is 9.11 Å². The fourth-order valence-electron chi connectivity index (χ4n) is 5.91. The number of anilines is 2. The van der Waals surface area contributed by atoms with Gasteiger partial charge in [0.05, 0.1) is 4.90 Å². The number of phenols is 2. The van der Waals surface area contributed by atoms with Crippen LogP contribution in [0.15, 0.2) is 118 Å². The van der Waals surface area contributed by atoms with Gasteiger partial charge in [0.2, 0.25) is 0 Å². The van der Waals surface area contributed by atoms with Crippen LogP contribution in [0.25, 0.3) is 21.5 Å². The maximum absolute atomic E-state index is 12.3. The van der Waals surface area contributed by atoms with Crippen molar-refractivity contribution in [3.05, 3.63) is 72.8 Å². The van der Waals surface area contributed by atoms with Crippen LogP contribution in [0.2, 0.25) is 0 Å². The Morgan fingerprint density at radius 1 is 0.532 bits per heavy atom. The van der Waals surface area contributed by atoms with Gasteiger partial charge < -0.3 is 0 Å². The molecule has 62 heavy (non-hydrogen) atoms. The molecule has 23 nitrogen and oxygen atoms in total. The predicted octanol–water partition coefficient (Wildman–Crippen LogP) is 5.25. The van der Waals surface area contributed by atoms with Gasteiger partial charge >= 0.3 is 301 Å². The Kier molecular flexibility index (Phi) is 11.8. The maximum atomic E-state index is 12.3. The quantitative estimate of drug-likeness (QED) is 0.0336. The molecule has 0 aliphatic rings. The zero-order chi connectivity index (χ0) is 45.7. The second-order valence-corrected chi connectivity index (χ2v) is 18.3. The summed E-state index contributed by atoms with van der Waals surface area (Å²) in [6, 6.07) is 13.4. The molecule has 0 atom stereocenters. The van der Waals surface area contributed by atoms with Crippen molar-refractivity contribution < 1.29 is 71.6 Å². The third kappa shape index (κ3) is 9.16. The van der Waals surface area contributed by atoms with E-state index >= 15 is 0 Å². The average molecular weight is 930 g/mol. The molecule has 0 aliphatic heterocycles. The van der Waals surface area contributed by atoms with Gasteiger partial charge in [0.15, 0.2) is 0 Å². The number of benzene rings is 6. The average Bonchev–Trinajstić information content (AvgIpc) is 3.17. The number of ether oxygens (including phenoxy) is 2. The van der Waals surface area contributed by atoms with Gasteiger partial charge in [-0.05, 0) is 0 Å². The first-order valence-corrected chi connectivity index (χ1v) is 22.4. The Labute approximate surface area is 350 Å². The molecule has 0 aliphatic carbocycles. The number of hydrogen-bond acceptors (Lipinski definition) is 19. The molecule has 10 N–H and O–H groups in total. The Morgan fingerprint density at radius 3 is 1.35 bits per heavy atom. The second kappa shape index (κ2) is 16.3. The van der Waals surface area contributed by atoms with Crippen LogP contribution in [0.4, 0.5) is 39.8 Å². The monoisotopic (exact) mass is 929 g/mol. The van der Waals surface area contributed by atoms with Crippen molar-refractivity contribution in [1.29, 1.82) is 0 Å². The molecule has 0 saturated heterocycles. The van der Waals surface area contributed by atoms with Crippen LogP contribution in [-0.4, -0.2) is 83.4 Å². The van der Waals surface area contributed by atoms with E-state index in [-0.39, 0.29) is 61.5 Å². The van der Waals surface area contributed by atoms with Crippen LogP contribution >= 0.6 is 0 Å². The molecule has 0 radical (unpaired) electrons. The van der Waals surface area contributed by atoms with Gasteiger partial charge in [-0.1, -0.05) is 0 Å². The zero-order valence-electron chi connectivity index (χ0n) is 31.3. The number of methoxy groups -OCH3 is 2. The Hall–Kier alpha value is -6.66. The molecule has 6 aromatic carbocycles. The Morgan fingerprint density at radius 2 is 0.952 bits per heavy atom. The minimum absolute atomic E-state index is 0.00309. The topological polar surface area (TPSA) is 390 Å².